The van der Waals surface area contributed by atoms with Crippen LogP contribution in [0.3, 0.4) is 0 Å². The molecule has 0 N–H and O–H groups in total. The molecule has 2 aromatic carbocycles. The van der Waals surface area contributed by atoms with E-state index in [4.69, 9.17) is 21.3 Å². The lowest BCUT2D eigenvalue weighted by molar-refractivity contribution is 0.284. The van der Waals surface area contributed by atoms with Crippen LogP contribution < -0.4 is 4.74 Å². The highest BCUT2D eigenvalue weighted by Crippen LogP contribution is 2.23. The van der Waals surface area contributed by atoms with Gasteiger partial charge in [-0.05, 0) is 69.3 Å². The van der Waals surface area contributed by atoms with Gasteiger partial charge in [0.25, 0.3) is 0 Å². The minimum Gasteiger partial charge on any atom is -0.486 e. The lowest BCUT2D eigenvalue weighted by atomic mass is 10.1. The Balaban J connectivity index is 1.82. The van der Waals surface area contributed by atoms with Crippen molar-refractivity contribution in [3.8, 4) is 5.75 Å². The minimum atomic E-state index is 0.442. The van der Waals surface area contributed by atoms with Gasteiger partial charge in [-0.1, -0.05) is 30.7 Å². The van der Waals surface area contributed by atoms with Gasteiger partial charge in [0, 0.05) is 18.1 Å². The van der Waals surface area contributed by atoms with Crippen LogP contribution in [0.1, 0.15) is 24.7 Å². The first kappa shape index (κ1) is 19.7. The van der Waals surface area contributed by atoms with Gasteiger partial charge in [0.2, 0.25) is 0 Å². The molecule has 1 aromatic heterocycles. The molecular formula is C22H28ClN3O. The van der Waals surface area contributed by atoms with Crippen LogP contribution in [0.25, 0.3) is 11.0 Å². The Bertz CT molecular complexity index is 886. The Morgan fingerprint density at radius 1 is 1.15 bits per heavy atom. The summed E-state index contributed by atoms with van der Waals surface area (Å²) >= 11 is 5.96. The van der Waals surface area contributed by atoms with Gasteiger partial charge in [-0.3, -0.25) is 0 Å². The number of hydrogen-bond donors (Lipinski definition) is 0. The Kier molecular flexibility index (Phi) is 6.40. The lowest BCUT2D eigenvalue weighted by Crippen LogP contribution is -2.21. The third kappa shape index (κ3) is 5.02. The smallest absolute Gasteiger partial charge is 0.148 e. The monoisotopic (exact) mass is 385 g/mol. The van der Waals surface area contributed by atoms with Gasteiger partial charge >= 0.3 is 0 Å². The van der Waals surface area contributed by atoms with E-state index in [1.807, 2.05) is 24.3 Å². The summed E-state index contributed by atoms with van der Waals surface area (Å²) in [4.78, 5) is 7.13. The molecule has 5 heteroatoms. The summed E-state index contributed by atoms with van der Waals surface area (Å²) in [6, 6.07) is 13.8. The average Bonchev–Trinajstić information content (AvgIpc) is 2.98. The zero-order valence-electron chi connectivity index (χ0n) is 16.6. The van der Waals surface area contributed by atoms with E-state index in [9.17, 15) is 0 Å². The number of fused-ring (bicyclic) bond motifs is 1. The van der Waals surface area contributed by atoms with Crippen LogP contribution in [0.4, 0.5) is 0 Å². The van der Waals surface area contributed by atoms with Crippen molar-refractivity contribution in [3.63, 3.8) is 0 Å². The fourth-order valence-electron chi connectivity index (χ4n) is 3.44. The third-order valence-corrected chi connectivity index (χ3v) is 5.02. The SMILES string of the molecule is Cc1cccc2c1nc(COc1ccc(Cl)cc1)n2CCC(C)CN(C)C. The fourth-order valence-corrected chi connectivity index (χ4v) is 3.56. The number of para-hydroxylation sites is 1. The number of rotatable bonds is 8. The maximum Gasteiger partial charge on any atom is 0.148 e. The van der Waals surface area contributed by atoms with Gasteiger partial charge in [-0.2, -0.15) is 0 Å². The van der Waals surface area contributed by atoms with Crippen molar-refractivity contribution in [1.29, 1.82) is 0 Å². The predicted molar refractivity (Wildman–Crippen MR) is 113 cm³/mol. The first-order valence-electron chi connectivity index (χ1n) is 9.42. The van der Waals surface area contributed by atoms with Crippen LogP contribution >= 0.6 is 11.6 Å². The van der Waals surface area contributed by atoms with Crippen LogP contribution in [-0.4, -0.2) is 35.1 Å². The number of aromatic nitrogens is 2. The van der Waals surface area contributed by atoms with Gasteiger partial charge in [-0.25, -0.2) is 4.98 Å². The maximum absolute atomic E-state index is 5.98. The highest BCUT2D eigenvalue weighted by molar-refractivity contribution is 6.30. The molecular weight excluding hydrogens is 358 g/mol. The molecule has 0 aliphatic carbocycles. The molecule has 0 radical (unpaired) electrons. The summed E-state index contributed by atoms with van der Waals surface area (Å²) in [5.41, 5.74) is 3.44. The van der Waals surface area contributed by atoms with Crippen LogP contribution in [0.15, 0.2) is 42.5 Å². The molecule has 1 atom stereocenters. The van der Waals surface area contributed by atoms with Crippen LogP contribution in [0.2, 0.25) is 5.02 Å². The Labute approximate surface area is 166 Å². The van der Waals surface area contributed by atoms with E-state index in [1.54, 1.807) is 0 Å². The lowest BCUT2D eigenvalue weighted by Gasteiger charge is -2.18. The van der Waals surface area contributed by atoms with Crippen LogP contribution in [0.5, 0.6) is 5.75 Å². The number of aryl methyl sites for hydroxylation is 2. The summed E-state index contributed by atoms with van der Waals surface area (Å²) in [6.07, 6.45) is 1.10. The zero-order chi connectivity index (χ0) is 19.4. The topological polar surface area (TPSA) is 30.3 Å². The van der Waals surface area contributed by atoms with E-state index in [0.717, 1.165) is 36.6 Å². The molecule has 144 valence electrons. The van der Waals surface area contributed by atoms with E-state index in [1.165, 1.54) is 11.1 Å². The quantitative estimate of drug-likeness (QED) is 0.536. The van der Waals surface area contributed by atoms with Crippen molar-refractivity contribution < 1.29 is 4.74 Å². The van der Waals surface area contributed by atoms with Crippen molar-refractivity contribution in [2.24, 2.45) is 5.92 Å². The first-order chi connectivity index (χ1) is 12.9. The molecule has 0 saturated heterocycles. The van der Waals surface area contributed by atoms with Crippen LogP contribution in [-0.2, 0) is 13.2 Å². The zero-order valence-corrected chi connectivity index (χ0v) is 17.3. The number of benzene rings is 2. The molecule has 0 bridgehead atoms. The van der Waals surface area contributed by atoms with Crippen molar-refractivity contribution in [1.82, 2.24) is 14.5 Å². The van der Waals surface area contributed by atoms with Crippen molar-refractivity contribution >= 4 is 22.6 Å². The molecule has 0 fully saturated rings. The first-order valence-corrected chi connectivity index (χ1v) is 9.79. The molecule has 0 spiro atoms. The Morgan fingerprint density at radius 3 is 2.59 bits per heavy atom. The summed E-state index contributed by atoms with van der Waals surface area (Å²) in [5.74, 6) is 2.38. The molecule has 0 aliphatic rings. The fraction of sp³-hybridized carbons (Fsp3) is 0.409. The minimum absolute atomic E-state index is 0.442. The second-order valence-electron chi connectivity index (χ2n) is 7.52. The Hall–Kier alpha value is -2.04. The second kappa shape index (κ2) is 8.77. The highest BCUT2D eigenvalue weighted by Gasteiger charge is 2.14. The van der Waals surface area contributed by atoms with Crippen molar-refractivity contribution in [3.05, 3.63) is 58.9 Å². The van der Waals surface area contributed by atoms with E-state index < -0.39 is 0 Å². The van der Waals surface area contributed by atoms with Crippen molar-refractivity contribution in [2.45, 2.75) is 33.4 Å². The normalized spacial score (nSPS) is 12.7. The van der Waals surface area contributed by atoms with Gasteiger partial charge in [-0.15, -0.1) is 0 Å². The van der Waals surface area contributed by atoms with Gasteiger partial charge in [0.05, 0.1) is 11.0 Å². The standard InChI is InChI=1S/C22H28ClN3O/c1-16(14-25(3)4)12-13-26-20-7-5-6-17(2)22(20)24-21(26)15-27-19-10-8-18(23)9-11-19/h5-11,16H,12-15H2,1-4H3. The van der Waals surface area contributed by atoms with E-state index in [-0.39, 0.29) is 0 Å². The third-order valence-electron chi connectivity index (χ3n) is 4.76. The summed E-state index contributed by atoms with van der Waals surface area (Å²) in [5, 5.41) is 0.708. The maximum atomic E-state index is 5.98. The molecule has 3 rings (SSSR count). The van der Waals surface area contributed by atoms with Gasteiger partial charge in [0.1, 0.15) is 18.2 Å². The summed E-state index contributed by atoms with van der Waals surface area (Å²) in [7, 11) is 4.25. The number of hydrogen-bond acceptors (Lipinski definition) is 3. The molecule has 3 aromatic rings. The molecule has 0 saturated carbocycles. The molecule has 27 heavy (non-hydrogen) atoms. The molecule has 0 aliphatic heterocycles. The van der Waals surface area contributed by atoms with Crippen LogP contribution in [0, 0.1) is 12.8 Å². The van der Waals surface area contributed by atoms with E-state index in [2.05, 4.69) is 55.6 Å². The average molecular weight is 386 g/mol. The molecule has 4 nitrogen and oxygen atoms in total. The van der Waals surface area contributed by atoms with Gasteiger partial charge < -0.3 is 14.2 Å². The summed E-state index contributed by atoms with van der Waals surface area (Å²) < 4.78 is 8.29. The number of imidazole rings is 1. The highest BCUT2D eigenvalue weighted by atomic mass is 35.5. The predicted octanol–water partition coefficient (Wildman–Crippen LogP) is 5.16. The van der Waals surface area contributed by atoms with E-state index in [0.29, 0.717) is 17.5 Å². The second-order valence-corrected chi connectivity index (χ2v) is 7.96. The molecule has 0 amide bonds. The summed E-state index contributed by atoms with van der Waals surface area (Å²) in [6.45, 7) is 6.88. The largest absolute Gasteiger partial charge is 0.486 e. The Morgan fingerprint density at radius 2 is 1.89 bits per heavy atom. The number of nitrogens with zero attached hydrogens (tertiary/aromatic N) is 3. The molecule has 1 unspecified atom stereocenters. The number of halogens is 1. The van der Waals surface area contributed by atoms with Gasteiger partial charge in [0.15, 0.2) is 0 Å². The molecule has 1 heterocycles. The van der Waals surface area contributed by atoms with Crippen molar-refractivity contribution in [2.75, 3.05) is 20.6 Å². The number of ether oxygens (including phenoxy) is 1. The van der Waals surface area contributed by atoms with E-state index >= 15 is 0 Å².